The van der Waals surface area contributed by atoms with Gasteiger partial charge in [0.1, 0.15) is 17.2 Å². The summed E-state index contributed by atoms with van der Waals surface area (Å²) in [7, 11) is 0. The maximum absolute atomic E-state index is 12.9. The molecule has 0 saturated carbocycles. The number of carbonyl (C=O) groups is 1. The molecule has 1 aliphatic heterocycles. The van der Waals surface area contributed by atoms with Crippen LogP contribution in [0, 0.1) is 12.8 Å². The average molecular weight is 396 g/mol. The topological polar surface area (TPSA) is 82.1 Å². The number of hydrogen-bond donors (Lipinski definition) is 1. The van der Waals surface area contributed by atoms with Gasteiger partial charge in [-0.2, -0.15) is 5.10 Å². The van der Waals surface area contributed by atoms with Crippen molar-refractivity contribution in [2.45, 2.75) is 65.6 Å². The third kappa shape index (κ3) is 3.99. The number of para-hydroxylation sites is 1. The molecule has 1 amide bonds. The predicted octanol–water partition coefficient (Wildman–Crippen LogP) is 3.28. The third-order valence-electron chi connectivity index (χ3n) is 5.58. The van der Waals surface area contributed by atoms with E-state index < -0.39 is 0 Å². The Morgan fingerprint density at radius 1 is 1.34 bits per heavy atom. The molecule has 0 aliphatic carbocycles. The highest BCUT2D eigenvalue weighted by Gasteiger charge is 2.23. The minimum absolute atomic E-state index is 0.000899. The number of carbonyl (C=O) groups excluding carboxylic acids is 1. The lowest BCUT2D eigenvalue weighted by Crippen LogP contribution is -2.36. The Hall–Kier alpha value is -2.83. The molecule has 1 N–H and O–H groups in total. The summed E-state index contributed by atoms with van der Waals surface area (Å²) in [4.78, 5) is 25.5. The third-order valence-corrected chi connectivity index (χ3v) is 5.58. The molecule has 0 radical (unpaired) electrons. The first-order chi connectivity index (χ1) is 13.9. The number of hydrogen-bond acceptors (Lipinski definition) is 4. The Balaban J connectivity index is 1.45. The molecule has 3 heterocycles. The first-order valence-corrected chi connectivity index (χ1v) is 10.4. The maximum Gasteiger partial charge on any atom is 0.345 e. The van der Waals surface area contributed by atoms with Gasteiger partial charge in [-0.3, -0.25) is 9.36 Å². The fraction of sp³-hybridized carbons (Fsp3) is 0.500. The van der Waals surface area contributed by atoms with Crippen molar-refractivity contribution in [3.05, 3.63) is 51.9 Å². The van der Waals surface area contributed by atoms with E-state index in [2.05, 4.69) is 24.3 Å². The molecule has 0 saturated heterocycles. The van der Waals surface area contributed by atoms with Crippen LogP contribution in [0.4, 0.5) is 0 Å². The van der Waals surface area contributed by atoms with E-state index in [1.807, 2.05) is 25.1 Å². The predicted molar refractivity (Wildman–Crippen MR) is 111 cm³/mol. The minimum Gasteiger partial charge on any atom is -0.461 e. The highest BCUT2D eigenvalue weighted by atomic mass is 16.3. The molecule has 0 bridgehead atoms. The van der Waals surface area contributed by atoms with Crippen molar-refractivity contribution < 1.29 is 9.21 Å². The van der Waals surface area contributed by atoms with E-state index in [4.69, 9.17) is 4.42 Å². The summed E-state index contributed by atoms with van der Waals surface area (Å²) in [5.41, 5.74) is 1.13. The summed E-state index contributed by atoms with van der Waals surface area (Å²) < 4.78 is 9.08. The normalized spacial score (nSPS) is 16.8. The first-order valence-electron chi connectivity index (χ1n) is 10.4. The van der Waals surface area contributed by atoms with Crippen LogP contribution < -0.4 is 11.0 Å². The van der Waals surface area contributed by atoms with Crippen molar-refractivity contribution >= 4 is 16.9 Å². The zero-order valence-corrected chi connectivity index (χ0v) is 17.3. The summed E-state index contributed by atoms with van der Waals surface area (Å²) in [6.07, 6.45) is 3.09. The second-order valence-electron chi connectivity index (χ2n) is 8.33. The fourth-order valence-electron chi connectivity index (χ4n) is 3.93. The van der Waals surface area contributed by atoms with Gasteiger partial charge < -0.3 is 9.73 Å². The largest absolute Gasteiger partial charge is 0.461 e. The number of aromatic nitrogens is 3. The Morgan fingerprint density at radius 2 is 2.17 bits per heavy atom. The van der Waals surface area contributed by atoms with Gasteiger partial charge >= 0.3 is 5.69 Å². The Bertz CT molecular complexity index is 1090. The molecule has 1 aromatic carbocycles. The van der Waals surface area contributed by atoms with Crippen LogP contribution in [0.5, 0.6) is 0 Å². The van der Waals surface area contributed by atoms with Crippen LogP contribution in [0.3, 0.4) is 0 Å². The van der Waals surface area contributed by atoms with E-state index in [1.165, 1.54) is 0 Å². The molecular weight excluding hydrogens is 368 g/mol. The minimum atomic E-state index is -0.135. The monoisotopic (exact) mass is 396 g/mol. The molecule has 1 unspecified atom stereocenters. The van der Waals surface area contributed by atoms with Crippen LogP contribution in [0.15, 0.2) is 33.5 Å². The van der Waals surface area contributed by atoms with E-state index in [-0.39, 0.29) is 17.6 Å². The lowest BCUT2D eigenvalue weighted by Gasteiger charge is -2.16. The first kappa shape index (κ1) is 19.5. The van der Waals surface area contributed by atoms with E-state index in [0.717, 1.165) is 29.8 Å². The van der Waals surface area contributed by atoms with E-state index in [0.29, 0.717) is 43.0 Å². The second kappa shape index (κ2) is 7.89. The van der Waals surface area contributed by atoms with Crippen LogP contribution >= 0.6 is 0 Å². The molecule has 3 aromatic rings. The highest BCUT2D eigenvalue weighted by Crippen LogP contribution is 2.23. The number of furan rings is 1. The lowest BCUT2D eigenvalue weighted by atomic mass is 10.1. The van der Waals surface area contributed by atoms with Crippen LogP contribution in [0.2, 0.25) is 0 Å². The van der Waals surface area contributed by atoms with E-state index >= 15 is 0 Å². The molecule has 7 nitrogen and oxygen atoms in total. The summed E-state index contributed by atoms with van der Waals surface area (Å²) in [5, 5.41) is 8.59. The number of fused-ring (bicyclic) bond motifs is 2. The zero-order valence-electron chi connectivity index (χ0n) is 17.3. The van der Waals surface area contributed by atoms with Crippen LogP contribution in [0.25, 0.3) is 11.0 Å². The second-order valence-corrected chi connectivity index (χ2v) is 8.33. The molecular formula is C22H28N4O3. The van der Waals surface area contributed by atoms with Crippen molar-refractivity contribution in [2.75, 3.05) is 0 Å². The number of amides is 1. The van der Waals surface area contributed by atoms with Crippen LogP contribution in [-0.4, -0.2) is 26.3 Å². The Labute approximate surface area is 169 Å². The van der Waals surface area contributed by atoms with Crippen molar-refractivity contribution in [1.29, 1.82) is 0 Å². The van der Waals surface area contributed by atoms with Crippen molar-refractivity contribution in [2.24, 2.45) is 5.92 Å². The van der Waals surface area contributed by atoms with Gasteiger partial charge in [0.2, 0.25) is 0 Å². The van der Waals surface area contributed by atoms with Crippen LogP contribution in [-0.2, 0) is 19.5 Å². The smallest absolute Gasteiger partial charge is 0.345 e. The van der Waals surface area contributed by atoms with Gasteiger partial charge in [0.25, 0.3) is 5.91 Å². The van der Waals surface area contributed by atoms with Gasteiger partial charge in [-0.1, -0.05) is 26.0 Å². The molecule has 0 spiro atoms. The number of nitrogens with one attached hydrogen (secondary N) is 1. The number of benzene rings is 1. The quantitative estimate of drug-likeness (QED) is 0.717. The van der Waals surface area contributed by atoms with E-state index in [9.17, 15) is 9.59 Å². The lowest BCUT2D eigenvalue weighted by molar-refractivity contribution is 0.0933. The van der Waals surface area contributed by atoms with Gasteiger partial charge in [0, 0.05) is 30.9 Å². The van der Waals surface area contributed by atoms with Crippen molar-refractivity contribution in [3.8, 4) is 0 Å². The molecule has 7 heteroatoms. The zero-order chi connectivity index (χ0) is 20.5. The molecule has 4 rings (SSSR count). The summed E-state index contributed by atoms with van der Waals surface area (Å²) in [6, 6.07) is 7.53. The number of aryl methyl sites for hydroxylation is 3. The molecule has 1 aliphatic rings. The van der Waals surface area contributed by atoms with Gasteiger partial charge in [-0.05, 0) is 44.2 Å². The number of rotatable bonds is 5. The molecule has 154 valence electrons. The van der Waals surface area contributed by atoms with Gasteiger partial charge in [-0.15, -0.1) is 0 Å². The van der Waals surface area contributed by atoms with Crippen molar-refractivity contribution in [3.63, 3.8) is 0 Å². The van der Waals surface area contributed by atoms with Gasteiger partial charge in [0.15, 0.2) is 0 Å². The molecule has 2 aromatic heterocycles. The van der Waals surface area contributed by atoms with E-state index in [1.54, 1.807) is 15.3 Å². The maximum atomic E-state index is 12.9. The van der Waals surface area contributed by atoms with Gasteiger partial charge in [-0.25, -0.2) is 9.48 Å². The summed E-state index contributed by atoms with van der Waals surface area (Å²) in [5.74, 6) is 2.00. The standard InChI is InChI=1S/C22H28N4O3/c1-14(2)9-12-26-22(28)25-11-10-17(7-8-19(25)24-26)23-21(27)18-6-4-5-16-13-15(3)29-20(16)18/h4-6,13-14,17H,7-12H2,1-3H3,(H,23,27). The fourth-order valence-corrected chi connectivity index (χ4v) is 3.93. The van der Waals surface area contributed by atoms with Crippen molar-refractivity contribution in [1.82, 2.24) is 19.7 Å². The highest BCUT2D eigenvalue weighted by molar-refractivity contribution is 6.05. The SMILES string of the molecule is Cc1cc2cccc(C(=O)NC3CCc4nn(CCC(C)C)c(=O)n4CC3)c2o1. The summed E-state index contributed by atoms with van der Waals surface area (Å²) in [6.45, 7) is 7.39. The molecule has 1 atom stereocenters. The van der Waals surface area contributed by atoms with Gasteiger partial charge in [0.05, 0.1) is 5.56 Å². The van der Waals surface area contributed by atoms with Crippen LogP contribution in [0.1, 0.15) is 55.1 Å². The average Bonchev–Trinajstić information content (AvgIpc) is 3.13. The summed E-state index contributed by atoms with van der Waals surface area (Å²) >= 11 is 0. The Kier molecular flexibility index (Phi) is 5.30. The number of nitrogens with zero attached hydrogens (tertiary/aromatic N) is 3. The molecule has 0 fully saturated rings. The Morgan fingerprint density at radius 3 is 2.97 bits per heavy atom. The molecule has 29 heavy (non-hydrogen) atoms.